The number of fused-ring (bicyclic) bond motifs is 1. The third kappa shape index (κ3) is 1.37. The molecule has 66 valence electrons. The summed E-state index contributed by atoms with van der Waals surface area (Å²) >= 11 is 0. The van der Waals surface area contributed by atoms with Crippen LogP contribution in [0.3, 0.4) is 0 Å². The lowest BCUT2D eigenvalue weighted by Crippen LogP contribution is -1.97. The molecular formula is C10H11N3. The van der Waals surface area contributed by atoms with Gasteiger partial charge in [0.05, 0.1) is 17.4 Å². The highest BCUT2D eigenvalue weighted by Crippen LogP contribution is 2.19. The van der Waals surface area contributed by atoms with Crippen molar-refractivity contribution in [2.24, 2.45) is 0 Å². The second-order valence-corrected chi connectivity index (χ2v) is 3.33. The molecule has 2 rings (SSSR count). The summed E-state index contributed by atoms with van der Waals surface area (Å²) in [6, 6.07) is 3.91. The van der Waals surface area contributed by atoms with E-state index in [4.69, 9.17) is 0 Å². The van der Waals surface area contributed by atoms with Crippen LogP contribution in [0.4, 0.5) is 0 Å². The van der Waals surface area contributed by atoms with E-state index >= 15 is 0 Å². The van der Waals surface area contributed by atoms with Crippen LogP contribution in [0.1, 0.15) is 25.5 Å². The molecule has 3 heteroatoms. The zero-order chi connectivity index (χ0) is 9.26. The van der Waals surface area contributed by atoms with Crippen molar-refractivity contribution < 1.29 is 0 Å². The van der Waals surface area contributed by atoms with Gasteiger partial charge in [0, 0.05) is 11.6 Å². The average molecular weight is 173 g/mol. The van der Waals surface area contributed by atoms with Crippen LogP contribution in [0.15, 0.2) is 24.5 Å². The minimum absolute atomic E-state index is 0.367. The lowest BCUT2D eigenvalue weighted by Gasteiger charge is -2.05. The van der Waals surface area contributed by atoms with Crippen molar-refractivity contribution in [1.82, 2.24) is 15.2 Å². The van der Waals surface area contributed by atoms with E-state index in [1.54, 1.807) is 12.4 Å². The molecule has 0 amide bonds. The van der Waals surface area contributed by atoms with Crippen LogP contribution >= 0.6 is 0 Å². The lowest BCUT2D eigenvalue weighted by atomic mass is 10.1. The van der Waals surface area contributed by atoms with Crippen LogP contribution < -0.4 is 0 Å². The van der Waals surface area contributed by atoms with Gasteiger partial charge in [-0.15, -0.1) is 0 Å². The molecule has 0 bridgehead atoms. The first-order valence-corrected chi connectivity index (χ1v) is 4.35. The zero-order valence-electron chi connectivity index (χ0n) is 7.73. The predicted molar refractivity (Wildman–Crippen MR) is 51.4 cm³/mol. The highest BCUT2D eigenvalue weighted by Gasteiger charge is 2.07. The van der Waals surface area contributed by atoms with Crippen LogP contribution in [0, 0.1) is 0 Å². The van der Waals surface area contributed by atoms with Crippen LogP contribution in [0.5, 0.6) is 0 Å². The SMILES string of the molecule is CC(C)c1nncc2cccnc12. The van der Waals surface area contributed by atoms with Crippen LogP contribution in [0.2, 0.25) is 0 Å². The number of rotatable bonds is 1. The van der Waals surface area contributed by atoms with Gasteiger partial charge in [0.25, 0.3) is 0 Å². The maximum atomic E-state index is 4.30. The summed E-state index contributed by atoms with van der Waals surface area (Å²) in [4.78, 5) is 4.30. The second kappa shape index (κ2) is 3.09. The average Bonchev–Trinajstić information content (AvgIpc) is 2.17. The van der Waals surface area contributed by atoms with Gasteiger partial charge < -0.3 is 0 Å². The molecular weight excluding hydrogens is 162 g/mol. The van der Waals surface area contributed by atoms with Crippen LogP contribution in [0.25, 0.3) is 10.9 Å². The molecule has 0 aliphatic carbocycles. The van der Waals surface area contributed by atoms with Crippen molar-refractivity contribution in [3.05, 3.63) is 30.2 Å². The molecule has 2 aromatic heterocycles. The molecule has 0 spiro atoms. The van der Waals surface area contributed by atoms with E-state index in [0.29, 0.717) is 5.92 Å². The quantitative estimate of drug-likeness (QED) is 0.663. The van der Waals surface area contributed by atoms with E-state index in [0.717, 1.165) is 16.6 Å². The molecule has 3 nitrogen and oxygen atoms in total. The van der Waals surface area contributed by atoms with Gasteiger partial charge in [-0.2, -0.15) is 10.2 Å². The molecule has 0 aromatic carbocycles. The predicted octanol–water partition coefficient (Wildman–Crippen LogP) is 2.15. The van der Waals surface area contributed by atoms with Gasteiger partial charge in [0.1, 0.15) is 0 Å². The van der Waals surface area contributed by atoms with Crippen LogP contribution in [-0.2, 0) is 0 Å². The fraction of sp³-hybridized carbons (Fsp3) is 0.300. The molecule has 0 N–H and O–H groups in total. The number of aromatic nitrogens is 3. The summed E-state index contributed by atoms with van der Waals surface area (Å²) in [6.45, 7) is 4.19. The molecule has 13 heavy (non-hydrogen) atoms. The van der Waals surface area contributed by atoms with Gasteiger partial charge in [-0.3, -0.25) is 4.98 Å². The Hall–Kier alpha value is -1.51. The number of nitrogens with zero attached hydrogens (tertiary/aromatic N) is 3. The largest absolute Gasteiger partial charge is 0.254 e. The maximum absolute atomic E-state index is 4.30. The zero-order valence-corrected chi connectivity index (χ0v) is 7.73. The highest BCUT2D eigenvalue weighted by atomic mass is 15.1. The molecule has 2 heterocycles. The second-order valence-electron chi connectivity index (χ2n) is 3.33. The fourth-order valence-electron chi connectivity index (χ4n) is 1.33. The number of hydrogen-bond acceptors (Lipinski definition) is 3. The molecule has 2 aromatic rings. The molecule has 0 unspecified atom stereocenters. The van der Waals surface area contributed by atoms with E-state index in [1.165, 1.54) is 0 Å². The standard InChI is InChI=1S/C10H11N3/c1-7(2)9-10-8(6-12-13-9)4-3-5-11-10/h3-7H,1-2H3. The lowest BCUT2D eigenvalue weighted by molar-refractivity contribution is 0.795. The third-order valence-corrected chi connectivity index (χ3v) is 1.99. The molecule has 0 saturated carbocycles. The third-order valence-electron chi connectivity index (χ3n) is 1.99. The van der Waals surface area contributed by atoms with Crippen molar-refractivity contribution in [1.29, 1.82) is 0 Å². The Kier molecular flexibility index (Phi) is 1.93. The summed E-state index contributed by atoms with van der Waals surface area (Å²) in [5.74, 6) is 0.367. The van der Waals surface area contributed by atoms with Gasteiger partial charge in [-0.05, 0) is 18.1 Å². The topological polar surface area (TPSA) is 38.7 Å². The van der Waals surface area contributed by atoms with Crippen LogP contribution in [-0.4, -0.2) is 15.2 Å². The van der Waals surface area contributed by atoms with E-state index < -0.39 is 0 Å². The Morgan fingerprint density at radius 2 is 2.15 bits per heavy atom. The molecule has 0 aliphatic rings. The molecule has 0 aliphatic heterocycles. The monoisotopic (exact) mass is 173 g/mol. The summed E-state index contributed by atoms with van der Waals surface area (Å²) < 4.78 is 0. The maximum Gasteiger partial charge on any atom is 0.0954 e. The van der Waals surface area contributed by atoms with E-state index in [1.807, 2.05) is 12.1 Å². The number of hydrogen-bond donors (Lipinski definition) is 0. The Bertz CT molecular complexity index is 418. The Balaban J connectivity index is 2.76. The van der Waals surface area contributed by atoms with Gasteiger partial charge in [-0.25, -0.2) is 0 Å². The smallest absolute Gasteiger partial charge is 0.0954 e. The minimum Gasteiger partial charge on any atom is -0.254 e. The Labute approximate surface area is 76.8 Å². The summed E-state index contributed by atoms with van der Waals surface area (Å²) in [5, 5.41) is 9.09. The van der Waals surface area contributed by atoms with Crippen molar-refractivity contribution in [3.8, 4) is 0 Å². The first-order valence-electron chi connectivity index (χ1n) is 4.35. The number of pyridine rings is 1. The molecule has 0 fully saturated rings. The molecule has 0 atom stereocenters. The van der Waals surface area contributed by atoms with Crippen molar-refractivity contribution in [2.45, 2.75) is 19.8 Å². The first kappa shape index (κ1) is 8.10. The Morgan fingerprint density at radius 1 is 1.31 bits per heavy atom. The van der Waals surface area contributed by atoms with Crippen molar-refractivity contribution >= 4 is 10.9 Å². The fourth-order valence-corrected chi connectivity index (χ4v) is 1.33. The van der Waals surface area contributed by atoms with E-state index in [-0.39, 0.29) is 0 Å². The van der Waals surface area contributed by atoms with E-state index in [9.17, 15) is 0 Å². The normalized spacial score (nSPS) is 11.0. The summed E-state index contributed by atoms with van der Waals surface area (Å²) in [5.41, 5.74) is 1.94. The van der Waals surface area contributed by atoms with Crippen molar-refractivity contribution in [3.63, 3.8) is 0 Å². The highest BCUT2D eigenvalue weighted by molar-refractivity contribution is 5.79. The summed E-state index contributed by atoms with van der Waals surface area (Å²) in [7, 11) is 0. The molecule has 0 radical (unpaired) electrons. The minimum atomic E-state index is 0.367. The van der Waals surface area contributed by atoms with Gasteiger partial charge in [-0.1, -0.05) is 13.8 Å². The van der Waals surface area contributed by atoms with Crippen molar-refractivity contribution in [2.75, 3.05) is 0 Å². The van der Waals surface area contributed by atoms with Gasteiger partial charge >= 0.3 is 0 Å². The first-order chi connectivity index (χ1) is 6.29. The van der Waals surface area contributed by atoms with Gasteiger partial charge in [0.15, 0.2) is 0 Å². The molecule has 0 saturated heterocycles. The van der Waals surface area contributed by atoms with E-state index in [2.05, 4.69) is 29.0 Å². The summed E-state index contributed by atoms with van der Waals surface area (Å²) in [6.07, 6.45) is 3.53. The Morgan fingerprint density at radius 3 is 2.92 bits per heavy atom. The van der Waals surface area contributed by atoms with Gasteiger partial charge in [0.2, 0.25) is 0 Å².